The minimum absolute atomic E-state index is 0.131. The zero-order chi connectivity index (χ0) is 25.5. The highest BCUT2D eigenvalue weighted by Gasteiger charge is 2.31. The summed E-state index contributed by atoms with van der Waals surface area (Å²) in [5.74, 6) is 0.0394. The molecule has 2 aromatic heterocycles. The minimum atomic E-state index is -0.569. The first-order valence-electron chi connectivity index (χ1n) is 12.4. The van der Waals surface area contributed by atoms with Gasteiger partial charge in [-0.05, 0) is 55.5 Å². The number of aryl methyl sites for hydroxylation is 1. The number of hydrogen-bond donors (Lipinski definition) is 3. The second-order valence-corrected chi connectivity index (χ2v) is 9.17. The molecule has 1 saturated carbocycles. The van der Waals surface area contributed by atoms with Crippen LogP contribution in [0.15, 0.2) is 59.0 Å². The van der Waals surface area contributed by atoms with Crippen molar-refractivity contribution < 1.29 is 18.8 Å². The molecule has 36 heavy (non-hydrogen) atoms. The van der Waals surface area contributed by atoms with Gasteiger partial charge in [-0.2, -0.15) is 0 Å². The summed E-state index contributed by atoms with van der Waals surface area (Å²) in [4.78, 5) is 41.9. The number of amides is 3. The van der Waals surface area contributed by atoms with Crippen molar-refractivity contribution in [2.75, 3.05) is 7.05 Å². The summed E-state index contributed by atoms with van der Waals surface area (Å²) >= 11 is 0. The van der Waals surface area contributed by atoms with E-state index in [1.165, 1.54) is 6.42 Å². The number of likely N-dealkylation sites (N-methyl/N-ethyl adjacent to an activating group) is 1. The molecule has 1 aliphatic carbocycles. The quantitative estimate of drug-likeness (QED) is 0.444. The van der Waals surface area contributed by atoms with Gasteiger partial charge in [-0.25, -0.2) is 4.98 Å². The summed E-state index contributed by atoms with van der Waals surface area (Å²) in [5, 5.41) is 8.42. The Morgan fingerprint density at radius 1 is 0.972 bits per heavy atom. The van der Waals surface area contributed by atoms with E-state index in [0.717, 1.165) is 42.5 Å². The predicted molar refractivity (Wildman–Crippen MR) is 136 cm³/mol. The molecule has 8 nitrogen and oxygen atoms in total. The van der Waals surface area contributed by atoms with Gasteiger partial charge in [0.1, 0.15) is 17.5 Å². The van der Waals surface area contributed by atoms with E-state index in [-0.39, 0.29) is 23.5 Å². The average molecular weight is 489 g/mol. The number of benzene rings is 1. The van der Waals surface area contributed by atoms with E-state index in [9.17, 15) is 14.4 Å². The number of carbonyl (C=O) groups excluding carboxylic acids is 3. The lowest BCUT2D eigenvalue weighted by Crippen LogP contribution is -2.50. The van der Waals surface area contributed by atoms with Crippen LogP contribution < -0.4 is 16.0 Å². The fraction of sp³-hybridized carbons (Fsp3) is 0.357. The number of furan rings is 1. The first-order valence-corrected chi connectivity index (χ1v) is 12.4. The van der Waals surface area contributed by atoms with Crippen LogP contribution in [0.4, 0.5) is 0 Å². The van der Waals surface area contributed by atoms with Crippen LogP contribution >= 0.6 is 0 Å². The number of rotatable bonds is 8. The first-order chi connectivity index (χ1) is 17.4. The highest BCUT2D eigenvalue weighted by atomic mass is 16.4. The minimum Gasteiger partial charge on any atom is -0.451 e. The number of nitrogens with one attached hydrogen (secondary N) is 3. The highest BCUT2D eigenvalue weighted by molar-refractivity contribution is 5.96. The van der Waals surface area contributed by atoms with Crippen LogP contribution in [0.3, 0.4) is 0 Å². The van der Waals surface area contributed by atoms with Crippen LogP contribution in [-0.2, 0) is 11.3 Å². The van der Waals surface area contributed by atoms with Crippen molar-refractivity contribution in [3.63, 3.8) is 0 Å². The van der Waals surface area contributed by atoms with Crippen molar-refractivity contribution in [2.45, 2.75) is 51.6 Å². The predicted octanol–water partition coefficient (Wildman–Crippen LogP) is 4.00. The summed E-state index contributed by atoms with van der Waals surface area (Å²) in [6.45, 7) is 2.21. The second-order valence-electron chi connectivity index (χ2n) is 9.17. The third-order valence-electron chi connectivity index (χ3n) is 6.58. The van der Waals surface area contributed by atoms with Gasteiger partial charge in [0.15, 0.2) is 5.76 Å². The summed E-state index contributed by atoms with van der Waals surface area (Å²) in [7, 11) is 1.59. The van der Waals surface area contributed by atoms with Crippen LogP contribution in [-0.4, -0.2) is 35.8 Å². The van der Waals surface area contributed by atoms with Gasteiger partial charge in [-0.1, -0.05) is 49.6 Å². The van der Waals surface area contributed by atoms with Gasteiger partial charge in [0.2, 0.25) is 5.91 Å². The molecule has 1 aromatic carbocycles. The Bertz CT molecular complexity index is 1210. The Labute approximate surface area is 210 Å². The van der Waals surface area contributed by atoms with E-state index in [4.69, 9.17) is 4.42 Å². The molecule has 0 aliphatic heterocycles. The molecule has 0 unspecified atom stereocenters. The summed E-state index contributed by atoms with van der Waals surface area (Å²) < 4.78 is 5.82. The molecule has 0 bridgehead atoms. The van der Waals surface area contributed by atoms with Crippen LogP contribution in [0.5, 0.6) is 0 Å². The third kappa shape index (κ3) is 6.19. The fourth-order valence-electron chi connectivity index (χ4n) is 4.58. The Kier molecular flexibility index (Phi) is 8.15. The lowest BCUT2D eigenvalue weighted by atomic mass is 9.83. The second kappa shape index (κ2) is 11.7. The zero-order valence-corrected chi connectivity index (χ0v) is 20.7. The standard InChI is InChI=1S/C28H32N4O4/c1-18-7-6-10-22(31-18)26(33)30-17-19-11-13-20(14-12-19)23-15-16-24(36-23)27(34)32-25(28(35)29-2)21-8-4-3-5-9-21/h6-7,10-16,21,25H,3-5,8-9,17H2,1-2H3,(H,29,35)(H,30,33)(H,32,34)/t25-/m0/s1. The molecule has 4 rings (SSSR count). The molecule has 0 saturated heterocycles. The Morgan fingerprint density at radius 2 is 1.72 bits per heavy atom. The highest BCUT2D eigenvalue weighted by Crippen LogP contribution is 2.27. The van der Waals surface area contributed by atoms with Gasteiger partial charge >= 0.3 is 0 Å². The van der Waals surface area contributed by atoms with Crippen LogP contribution in [0.1, 0.15) is 64.4 Å². The molecule has 1 aliphatic rings. The number of aromatic nitrogens is 1. The van der Waals surface area contributed by atoms with E-state index in [1.807, 2.05) is 37.3 Å². The van der Waals surface area contributed by atoms with E-state index in [0.29, 0.717) is 18.0 Å². The summed E-state index contributed by atoms with van der Waals surface area (Å²) in [6, 6.07) is 15.7. The smallest absolute Gasteiger partial charge is 0.287 e. The van der Waals surface area contributed by atoms with Crippen molar-refractivity contribution in [3.05, 3.63) is 77.3 Å². The molecule has 8 heteroatoms. The fourth-order valence-corrected chi connectivity index (χ4v) is 4.58. The van der Waals surface area contributed by atoms with E-state index in [1.54, 1.807) is 31.3 Å². The van der Waals surface area contributed by atoms with Crippen LogP contribution in [0.25, 0.3) is 11.3 Å². The Balaban J connectivity index is 1.37. The Morgan fingerprint density at radius 3 is 2.42 bits per heavy atom. The maximum atomic E-state index is 12.9. The molecular formula is C28H32N4O4. The zero-order valence-electron chi connectivity index (χ0n) is 20.7. The maximum absolute atomic E-state index is 12.9. The van der Waals surface area contributed by atoms with Gasteiger partial charge in [-0.15, -0.1) is 0 Å². The van der Waals surface area contributed by atoms with Crippen molar-refractivity contribution in [2.24, 2.45) is 5.92 Å². The number of hydrogen-bond acceptors (Lipinski definition) is 5. The molecule has 188 valence electrons. The summed E-state index contributed by atoms with van der Waals surface area (Å²) in [6.07, 6.45) is 5.16. The van der Waals surface area contributed by atoms with Gasteiger partial charge in [0.25, 0.3) is 11.8 Å². The average Bonchev–Trinajstić information content (AvgIpc) is 3.41. The van der Waals surface area contributed by atoms with Crippen molar-refractivity contribution in [1.82, 2.24) is 20.9 Å². The Hall–Kier alpha value is -3.94. The van der Waals surface area contributed by atoms with Gasteiger partial charge in [0.05, 0.1) is 0 Å². The molecule has 3 aromatic rings. The van der Waals surface area contributed by atoms with Gasteiger partial charge in [-0.3, -0.25) is 14.4 Å². The van der Waals surface area contributed by atoms with Gasteiger partial charge in [0, 0.05) is 24.8 Å². The van der Waals surface area contributed by atoms with Crippen molar-refractivity contribution >= 4 is 17.7 Å². The summed E-state index contributed by atoms with van der Waals surface area (Å²) in [5.41, 5.74) is 2.90. The van der Waals surface area contributed by atoms with Gasteiger partial charge < -0.3 is 20.4 Å². The molecule has 0 radical (unpaired) electrons. The molecule has 3 amide bonds. The largest absolute Gasteiger partial charge is 0.451 e. The molecule has 3 N–H and O–H groups in total. The maximum Gasteiger partial charge on any atom is 0.287 e. The third-order valence-corrected chi connectivity index (χ3v) is 6.58. The lowest BCUT2D eigenvalue weighted by molar-refractivity contribution is -0.124. The van der Waals surface area contributed by atoms with Crippen molar-refractivity contribution in [3.8, 4) is 11.3 Å². The first kappa shape index (κ1) is 25.2. The van der Waals surface area contributed by atoms with Crippen LogP contribution in [0, 0.1) is 12.8 Å². The number of nitrogens with zero attached hydrogens (tertiary/aromatic N) is 1. The SMILES string of the molecule is CNC(=O)[C@@H](NC(=O)c1ccc(-c2ccc(CNC(=O)c3cccc(C)n3)cc2)o1)C1CCCCC1. The normalized spacial score (nSPS) is 14.6. The van der Waals surface area contributed by atoms with E-state index in [2.05, 4.69) is 20.9 Å². The van der Waals surface area contributed by atoms with E-state index < -0.39 is 11.9 Å². The van der Waals surface area contributed by atoms with Crippen LogP contribution in [0.2, 0.25) is 0 Å². The number of pyridine rings is 1. The van der Waals surface area contributed by atoms with E-state index >= 15 is 0 Å². The molecule has 1 fully saturated rings. The van der Waals surface area contributed by atoms with Crippen molar-refractivity contribution in [1.29, 1.82) is 0 Å². The molecule has 2 heterocycles. The molecule has 1 atom stereocenters. The topological polar surface area (TPSA) is 113 Å². The molecule has 0 spiro atoms. The lowest BCUT2D eigenvalue weighted by Gasteiger charge is -2.29. The number of carbonyl (C=O) groups is 3. The monoisotopic (exact) mass is 488 g/mol. The molecular weight excluding hydrogens is 456 g/mol.